The van der Waals surface area contributed by atoms with Gasteiger partial charge >= 0.3 is 12.1 Å². The normalized spacial score (nSPS) is 20.5. The number of alkyl carbamates (subject to hydrolysis) is 1. The molecule has 12 heteroatoms. The number of halogens is 1. The highest BCUT2D eigenvalue weighted by Gasteiger charge is 2.46. The third-order valence-electron chi connectivity index (χ3n) is 9.09. The van der Waals surface area contributed by atoms with Gasteiger partial charge in [0.25, 0.3) is 5.56 Å². The first-order chi connectivity index (χ1) is 21.1. The first kappa shape index (κ1) is 30.7. The summed E-state index contributed by atoms with van der Waals surface area (Å²) in [6.45, 7) is 10.3. The van der Waals surface area contributed by atoms with Gasteiger partial charge in [-0.05, 0) is 69.7 Å². The molecule has 2 amide bonds. The molecular formula is C33H37FN4O7. The molecule has 11 nitrogen and oxygen atoms in total. The van der Waals surface area contributed by atoms with Gasteiger partial charge in [0.15, 0.2) is 5.60 Å². The lowest BCUT2D eigenvalue weighted by molar-refractivity contribution is -0.172. The summed E-state index contributed by atoms with van der Waals surface area (Å²) in [4.78, 5) is 56.8. The number of benzene rings is 1. The van der Waals surface area contributed by atoms with Crippen molar-refractivity contribution >= 4 is 28.9 Å². The van der Waals surface area contributed by atoms with Crippen LogP contribution in [-0.2, 0) is 44.2 Å². The van der Waals surface area contributed by atoms with E-state index in [-0.39, 0.29) is 43.2 Å². The van der Waals surface area contributed by atoms with Crippen molar-refractivity contribution in [3.05, 3.63) is 61.7 Å². The molecule has 3 aliphatic rings. The molecule has 0 bridgehead atoms. The molecule has 0 radical (unpaired) electrons. The molecule has 3 N–H and O–H groups in total. The van der Waals surface area contributed by atoms with Crippen LogP contribution in [0.5, 0.6) is 0 Å². The average molecular weight is 621 g/mol. The van der Waals surface area contributed by atoms with Crippen LogP contribution in [0.1, 0.15) is 86.9 Å². The maximum Gasteiger partial charge on any atom is 0.407 e. The molecule has 3 aromatic rings. The zero-order valence-electron chi connectivity index (χ0n) is 26.2. The van der Waals surface area contributed by atoms with E-state index in [9.17, 15) is 24.3 Å². The van der Waals surface area contributed by atoms with Crippen LogP contribution in [0.3, 0.4) is 0 Å². The number of aromatic nitrogens is 2. The summed E-state index contributed by atoms with van der Waals surface area (Å²) in [7, 11) is 0. The molecule has 3 atom stereocenters. The number of hydrogen-bond donors (Lipinski definition) is 3. The maximum atomic E-state index is 15.2. The summed E-state index contributed by atoms with van der Waals surface area (Å²) in [5, 5.41) is 17.8. The first-order valence-electron chi connectivity index (χ1n) is 15.2. The van der Waals surface area contributed by atoms with Crippen LogP contribution in [0.15, 0.2) is 16.9 Å². The van der Waals surface area contributed by atoms with Crippen molar-refractivity contribution in [3.8, 4) is 11.4 Å². The largest absolute Gasteiger partial charge is 0.458 e. The lowest BCUT2D eigenvalue weighted by Crippen LogP contribution is -2.44. The summed E-state index contributed by atoms with van der Waals surface area (Å²) in [6.07, 6.45) is 0.384. The molecule has 2 aliphatic heterocycles. The summed E-state index contributed by atoms with van der Waals surface area (Å²) in [5.74, 6) is -2.09. The summed E-state index contributed by atoms with van der Waals surface area (Å²) >= 11 is 0. The molecule has 238 valence electrons. The highest BCUT2D eigenvalue weighted by Crippen LogP contribution is 2.46. The van der Waals surface area contributed by atoms with Crippen LogP contribution in [0.4, 0.5) is 9.18 Å². The molecule has 0 unspecified atom stereocenters. The van der Waals surface area contributed by atoms with Crippen LogP contribution in [0, 0.1) is 18.7 Å². The molecular weight excluding hydrogens is 583 g/mol. The number of esters is 1. The van der Waals surface area contributed by atoms with Gasteiger partial charge in [0.1, 0.15) is 18.0 Å². The molecule has 0 fully saturated rings. The van der Waals surface area contributed by atoms with Gasteiger partial charge in [-0.2, -0.15) is 0 Å². The lowest BCUT2D eigenvalue weighted by Gasteiger charge is -2.31. The number of pyridine rings is 2. The third kappa shape index (κ3) is 4.95. The second kappa shape index (κ2) is 10.6. The van der Waals surface area contributed by atoms with E-state index in [1.165, 1.54) is 10.6 Å². The topological polar surface area (TPSA) is 149 Å². The Kier molecular flexibility index (Phi) is 7.26. The highest BCUT2D eigenvalue weighted by atomic mass is 19.1. The van der Waals surface area contributed by atoms with Crippen LogP contribution >= 0.6 is 0 Å². The summed E-state index contributed by atoms with van der Waals surface area (Å²) < 4.78 is 27.2. The van der Waals surface area contributed by atoms with Gasteiger partial charge in [0.2, 0.25) is 5.91 Å². The Hall–Kier alpha value is -4.32. The molecule has 4 heterocycles. The smallest absolute Gasteiger partial charge is 0.407 e. The van der Waals surface area contributed by atoms with Gasteiger partial charge in [0.05, 0.1) is 41.0 Å². The van der Waals surface area contributed by atoms with E-state index in [0.29, 0.717) is 40.9 Å². The second-order valence-electron chi connectivity index (χ2n) is 13.2. The Morgan fingerprint density at radius 1 is 1.24 bits per heavy atom. The van der Waals surface area contributed by atoms with E-state index in [0.717, 1.165) is 16.5 Å². The second-order valence-corrected chi connectivity index (χ2v) is 13.2. The Bertz CT molecular complexity index is 1860. The van der Waals surface area contributed by atoms with E-state index in [1.54, 1.807) is 47.6 Å². The van der Waals surface area contributed by atoms with Crippen LogP contribution in [0.25, 0.3) is 22.3 Å². The number of fused-ring (bicyclic) bond motifs is 5. The van der Waals surface area contributed by atoms with Gasteiger partial charge in [-0.1, -0.05) is 13.8 Å². The monoisotopic (exact) mass is 620 g/mol. The van der Waals surface area contributed by atoms with Gasteiger partial charge in [-0.15, -0.1) is 0 Å². The molecule has 45 heavy (non-hydrogen) atoms. The fourth-order valence-electron chi connectivity index (χ4n) is 6.66. The van der Waals surface area contributed by atoms with Crippen molar-refractivity contribution in [3.63, 3.8) is 0 Å². The minimum Gasteiger partial charge on any atom is -0.458 e. The number of cyclic esters (lactones) is 1. The third-order valence-corrected chi connectivity index (χ3v) is 9.09. The van der Waals surface area contributed by atoms with E-state index in [4.69, 9.17) is 14.5 Å². The predicted molar refractivity (Wildman–Crippen MR) is 162 cm³/mol. The molecule has 1 aromatic carbocycles. The Balaban J connectivity index is 1.42. The van der Waals surface area contributed by atoms with Crippen molar-refractivity contribution in [2.75, 3.05) is 6.54 Å². The van der Waals surface area contributed by atoms with Crippen molar-refractivity contribution in [2.45, 2.75) is 91.2 Å². The van der Waals surface area contributed by atoms with Crippen LogP contribution < -0.4 is 16.2 Å². The lowest BCUT2D eigenvalue weighted by atomic mass is 9.81. The zero-order valence-corrected chi connectivity index (χ0v) is 26.2. The highest BCUT2D eigenvalue weighted by molar-refractivity contribution is 5.94. The Labute approximate surface area is 259 Å². The zero-order chi connectivity index (χ0) is 32.6. The number of nitrogens with zero attached hydrogens (tertiary/aromatic N) is 2. The minimum absolute atomic E-state index is 0.00784. The quantitative estimate of drug-likeness (QED) is 0.286. The molecule has 2 aromatic heterocycles. The average Bonchev–Trinajstić information content (AvgIpc) is 3.35. The van der Waals surface area contributed by atoms with Crippen LogP contribution in [0.2, 0.25) is 0 Å². The van der Waals surface area contributed by atoms with Gasteiger partial charge in [-0.25, -0.2) is 19.0 Å². The number of nitrogens with one attached hydrogen (secondary N) is 2. The van der Waals surface area contributed by atoms with Gasteiger partial charge in [-0.3, -0.25) is 9.59 Å². The van der Waals surface area contributed by atoms with Crippen molar-refractivity contribution < 1.29 is 33.4 Å². The SMILES string of the molecule is CC[C@@]1(O)C(=O)OCc2c1cc1n(c2=O)Cc2c-1nc1cc(F)c(C)c3c1c2[C@@H](NC(=O)[C@@H](C)CNC(=O)OC(C)(C)C)CC3. The number of hydrogen-bond acceptors (Lipinski definition) is 8. The summed E-state index contributed by atoms with van der Waals surface area (Å²) in [5.41, 5.74) is 1.36. The number of ether oxygens (including phenoxy) is 2. The molecule has 1 aliphatic carbocycles. The van der Waals surface area contributed by atoms with E-state index < -0.39 is 46.6 Å². The van der Waals surface area contributed by atoms with Crippen molar-refractivity contribution in [1.82, 2.24) is 20.2 Å². The molecule has 0 saturated carbocycles. The van der Waals surface area contributed by atoms with E-state index in [2.05, 4.69) is 10.6 Å². The minimum atomic E-state index is -1.98. The van der Waals surface area contributed by atoms with Crippen molar-refractivity contribution in [1.29, 1.82) is 0 Å². The Morgan fingerprint density at radius 3 is 2.67 bits per heavy atom. The summed E-state index contributed by atoms with van der Waals surface area (Å²) in [6, 6.07) is 2.51. The predicted octanol–water partition coefficient (Wildman–Crippen LogP) is 3.79. The number of rotatable bonds is 5. The maximum absolute atomic E-state index is 15.2. The van der Waals surface area contributed by atoms with Gasteiger partial charge < -0.3 is 29.8 Å². The van der Waals surface area contributed by atoms with Crippen molar-refractivity contribution in [2.24, 2.45) is 5.92 Å². The fraction of sp³-hybridized carbons (Fsp3) is 0.485. The molecule has 0 spiro atoms. The first-order valence-corrected chi connectivity index (χ1v) is 15.2. The number of carbonyl (C=O) groups excluding carboxylic acids is 3. The standard InChI is InChI=1S/C33H37FN4O7/c1-7-33(43)20-10-24-27-18(13-38(24)29(40)19(20)14-44-30(33)41)26-22(9-8-17-16(3)21(34)11-23(36-27)25(17)26)37-28(39)15(2)12-35-31(42)45-32(4,5)6/h10-11,15,22,43H,7-9,12-14H2,1-6H3,(H,35,42)(H,37,39)/t15-,22-,33-/m0/s1. The van der Waals surface area contributed by atoms with E-state index in [1.807, 2.05) is 0 Å². The van der Waals surface area contributed by atoms with Gasteiger partial charge in [0, 0.05) is 29.1 Å². The number of aliphatic hydroxyl groups is 1. The number of amides is 2. The number of carbonyl (C=O) groups is 3. The van der Waals surface area contributed by atoms with E-state index >= 15 is 4.39 Å². The molecule has 0 saturated heterocycles. The fourth-order valence-corrected chi connectivity index (χ4v) is 6.66. The Morgan fingerprint density at radius 2 is 1.98 bits per heavy atom. The van der Waals surface area contributed by atoms with Crippen LogP contribution in [-0.4, -0.2) is 44.8 Å². The molecule has 6 rings (SSSR count). The number of aryl methyl sites for hydroxylation is 1.